The molecular formula is C22H36O3. The maximum Gasteiger partial charge on any atom is 0.168 e. The average molecular weight is 349 g/mol. The third-order valence-corrected chi connectivity index (χ3v) is 4.93. The van der Waals surface area contributed by atoms with Gasteiger partial charge < -0.3 is 14.9 Å². The van der Waals surface area contributed by atoms with E-state index < -0.39 is 11.9 Å². The first-order valence-electron chi connectivity index (χ1n) is 9.44. The SMILES string of the molecule is C=CCC/C=C(\C)C[C@@H](C)/C=C/C=C/C[C@@H]1C[C@H](O)[C@@H](C)[C@@](C)(O)O1. The number of aliphatic hydroxyl groups is 2. The van der Waals surface area contributed by atoms with E-state index in [9.17, 15) is 10.2 Å². The molecule has 3 nitrogen and oxygen atoms in total. The van der Waals surface area contributed by atoms with E-state index in [0.29, 0.717) is 18.8 Å². The molecule has 0 spiro atoms. The van der Waals surface area contributed by atoms with Crippen LogP contribution < -0.4 is 0 Å². The first-order chi connectivity index (χ1) is 11.8. The summed E-state index contributed by atoms with van der Waals surface area (Å²) in [5.74, 6) is -1.02. The van der Waals surface area contributed by atoms with Gasteiger partial charge in [0, 0.05) is 12.3 Å². The number of hydrogen-bond donors (Lipinski definition) is 2. The smallest absolute Gasteiger partial charge is 0.168 e. The lowest BCUT2D eigenvalue weighted by Gasteiger charge is -2.42. The first-order valence-corrected chi connectivity index (χ1v) is 9.44. The van der Waals surface area contributed by atoms with Crippen LogP contribution in [0.2, 0.25) is 0 Å². The summed E-state index contributed by atoms with van der Waals surface area (Å²) in [6.07, 6.45) is 16.4. The number of aliphatic hydroxyl groups excluding tert-OH is 1. The number of allylic oxidation sites excluding steroid dienone is 6. The van der Waals surface area contributed by atoms with E-state index in [4.69, 9.17) is 4.74 Å². The molecule has 0 bridgehead atoms. The fourth-order valence-electron chi connectivity index (χ4n) is 3.14. The van der Waals surface area contributed by atoms with Gasteiger partial charge in [0.05, 0.1) is 12.2 Å². The van der Waals surface area contributed by atoms with Crippen LogP contribution in [0.25, 0.3) is 0 Å². The zero-order valence-electron chi connectivity index (χ0n) is 16.3. The third-order valence-electron chi connectivity index (χ3n) is 4.93. The molecule has 1 heterocycles. The summed E-state index contributed by atoms with van der Waals surface area (Å²) in [5.41, 5.74) is 1.42. The van der Waals surface area contributed by atoms with Gasteiger partial charge in [-0.25, -0.2) is 0 Å². The second-order valence-corrected chi connectivity index (χ2v) is 7.53. The number of rotatable bonds is 9. The molecule has 1 aliphatic rings. The number of ether oxygens (including phenoxy) is 1. The predicted octanol–water partition coefficient (Wildman–Crippen LogP) is 4.92. The predicted molar refractivity (Wildman–Crippen MR) is 105 cm³/mol. The van der Waals surface area contributed by atoms with E-state index in [1.165, 1.54) is 5.57 Å². The van der Waals surface area contributed by atoms with Gasteiger partial charge in [0.1, 0.15) is 0 Å². The maximum absolute atomic E-state index is 10.2. The standard InChI is InChI=1S/C22H36O3/c1-6-7-9-12-17(2)15-18(3)13-10-8-11-14-20-16-21(23)19(4)22(5,24)25-20/h6,8,10-13,18-21,23-24H,1,7,9,14-16H2,2-5H3/b11-8+,13-10+,17-12+/t18-,19+,20+,21-,22-/m0/s1. The van der Waals surface area contributed by atoms with Crippen LogP contribution in [0.5, 0.6) is 0 Å². The lowest BCUT2D eigenvalue weighted by Crippen LogP contribution is -2.50. The van der Waals surface area contributed by atoms with Crippen molar-refractivity contribution in [2.75, 3.05) is 0 Å². The van der Waals surface area contributed by atoms with Gasteiger partial charge in [0.25, 0.3) is 0 Å². The van der Waals surface area contributed by atoms with Gasteiger partial charge in [-0.3, -0.25) is 0 Å². The lowest BCUT2D eigenvalue weighted by molar-refractivity contribution is -0.290. The molecule has 3 heteroatoms. The molecule has 0 aromatic heterocycles. The van der Waals surface area contributed by atoms with Crippen LogP contribution in [0.15, 0.2) is 48.6 Å². The van der Waals surface area contributed by atoms with E-state index in [-0.39, 0.29) is 12.0 Å². The summed E-state index contributed by atoms with van der Waals surface area (Å²) in [5, 5.41) is 20.2. The van der Waals surface area contributed by atoms with Crippen molar-refractivity contribution in [2.24, 2.45) is 11.8 Å². The summed E-state index contributed by atoms with van der Waals surface area (Å²) < 4.78 is 5.69. The summed E-state index contributed by atoms with van der Waals surface area (Å²) in [6, 6.07) is 0. The van der Waals surface area contributed by atoms with E-state index in [1.54, 1.807) is 6.92 Å². The Morgan fingerprint density at radius 2 is 2.08 bits per heavy atom. The highest BCUT2D eigenvalue weighted by Crippen LogP contribution is 2.33. The summed E-state index contributed by atoms with van der Waals surface area (Å²) in [6.45, 7) is 11.6. The van der Waals surface area contributed by atoms with Gasteiger partial charge in [0.2, 0.25) is 0 Å². The van der Waals surface area contributed by atoms with Gasteiger partial charge in [0.15, 0.2) is 5.79 Å². The molecule has 5 atom stereocenters. The Labute approximate surface area is 153 Å². The molecule has 0 amide bonds. The molecule has 1 saturated heterocycles. The molecule has 1 rings (SSSR count). The number of hydrogen-bond acceptors (Lipinski definition) is 3. The van der Waals surface area contributed by atoms with Crippen molar-refractivity contribution >= 4 is 0 Å². The highest BCUT2D eigenvalue weighted by molar-refractivity contribution is 5.08. The van der Waals surface area contributed by atoms with Crippen LogP contribution in [-0.2, 0) is 4.74 Å². The Kier molecular flexibility index (Phi) is 9.41. The quantitative estimate of drug-likeness (QED) is 0.353. The Balaban J connectivity index is 2.36. The Hall–Kier alpha value is -1.16. The first kappa shape index (κ1) is 21.9. The molecule has 0 saturated carbocycles. The van der Waals surface area contributed by atoms with Crippen molar-refractivity contribution in [3.8, 4) is 0 Å². The van der Waals surface area contributed by atoms with Crippen molar-refractivity contribution in [3.63, 3.8) is 0 Å². The maximum atomic E-state index is 10.2. The van der Waals surface area contributed by atoms with E-state index >= 15 is 0 Å². The molecule has 2 N–H and O–H groups in total. The second-order valence-electron chi connectivity index (χ2n) is 7.53. The lowest BCUT2D eigenvalue weighted by atomic mass is 9.87. The van der Waals surface area contributed by atoms with Crippen molar-refractivity contribution in [2.45, 2.75) is 77.8 Å². The van der Waals surface area contributed by atoms with Crippen molar-refractivity contribution < 1.29 is 14.9 Å². The minimum absolute atomic E-state index is 0.140. The second kappa shape index (κ2) is 10.7. The Morgan fingerprint density at radius 1 is 1.36 bits per heavy atom. The zero-order valence-corrected chi connectivity index (χ0v) is 16.3. The minimum Gasteiger partial charge on any atom is -0.393 e. The monoisotopic (exact) mass is 348 g/mol. The van der Waals surface area contributed by atoms with Crippen LogP contribution >= 0.6 is 0 Å². The van der Waals surface area contributed by atoms with Gasteiger partial charge >= 0.3 is 0 Å². The van der Waals surface area contributed by atoms with E-state index in [2.05, 4.69) is 38.7 Å². The van der Waals surface area contributed by atoms with E-state index in [0.717, 1.165) is 19.3 Å². The molecule has 1 fully saturated rings. The summed E-state index contributed by atoms with van der Waals surface area (Å²) in [7, 11) is 0. The van der Waals surface area contributed by atoms with Crippen LogP contribution in [-0.4, -0.2) is 28.2 Å². The van der Waals surface area contributed by atoms with Crippen LogP contribution in [0.3, 0.4) is 0 Å². The van der Waals surface area contributed by atoms with Gasteiger partial charge in [-0.05, 0) is 45.4 Å². The molecule has 0 aromatic carbocycles. The van der Waals surface area contributed by atoms with Crippen LogP contribution in [0, 0.1) is 11.8 Å². The van der Waals surface area contributed by atoms with E-state index in [1.807, 2.05) is 25.2 Å². The highest BCUT2D eigenvalue weighted by Gasteiger charge is 2.42. The fourth-order valence-corrected chi connectivity index (χ4v) is 3.14. The van der Waals surface area contributed by atoms with Crippen molar-refractivity contribution in [1.29, 1.82) is 0 Å². The van der Waals surface area contributed by atoms with Crippen LogP contribution in [0.1, 0.15) is 59.8 Å². The molecule has 142 valence electrons. The largest absolute Gasteiger partial charge is 0.393 e. The topological polar surface area (TPSA) is 49.7 Å². The van der Waals surface area contributed by atoms with Crippen LogP contribution in [0.4, 0.5) is 0 Å². The van der Waals surface area contributed by atoms with Gasteiger partial charge in [-0.15, -0.1) is 6.58 Å². The Morgan fingerprint density at radius 3 is 2.72 bits per heavy atom. The van der Waals surface area contributed by atoms with Gasteiger partial charge in [-0.2, -0.15) is 0 Å². The highest BCUT2D eigenvalue weighted by atomic mass is 16.6. The summed E-state index contributed by atoms with van der Waals surface area (Å²) >= 11 is 0. The third kappa shape index (κ3) is 8.17. The molecule has 25 heavy (non-hydrogen) atoms. The molecule has 0 aromatic rings. The van der Waals surface area contributed by atoms with Crippen molar-refractivity contribution in [3.05, 3.63) is 48.6 Å². The summed E-state index contributed by atoms with van der Waals surface area (Å²) in [4.78, 5) is 0. The average Bonchev–Trinajstić information content (AvgIpc) is 2.52. The zero-order chi connectivity index (χ0) is 18.9. The van der Waals surface area contributed by atoms with Gasteiger partial charge in [-0.1, -0.05) is 55.9 Å². The minimum atomic E-state index is -1.25. The normalized spacial score (nSPS) is 32.4. The van der Waals surface area contributed by atoms with Crippen molar-refractivity contribution in [1.82, 2.24) is 0 Å². The Bertz CT molecular complexity index is 488. The molecule has 1 aliphatic heterocycles. The molecular weight excluding hydrogens is 312 g/mol. The number of unbranched alkanes of at least 4 members (excludes halogenated alkanes) is 1. The molecule has 0 radical (unpaired) electrons. The molecule has 0 aliphatic carbocycles. The molecule has 0 unspecified atom stereocenters. The fraction of sp³-hybridized carbons (Fsp3) is 0.636.